The molecule has 2 nitrogen and oxygen atoms in total. The van der Waals surface area contributed by atoms with Crippen LogP contribution in [0.5, 0.6) is 0 Å². The summed E-state index contributed by atoms with van der Waals surface area (Å²) in [7, 11) is 0. The molecule has 0 unspecified atom stereocenters. The van der Waals surface area contributed by atoms with E-state index in [1.165, 1.54) is 18.4 Å². The van der Waals surface area contributed by atoms with Gasteiger partial charge in [0.1, 0.15) is 0 Å². The predicted molar refractivity (Wildman–Crippen MR) is 102 cm³/mol. The van der Waals surface area contributed by atoms with Crippen molar-refractivity contribution in [1.82, 2.24) is 0 Å². The molecule has 126 valence electrons. The standard InChI is InChI=1S/C21H24O2S/c1-3-4-5-7-10-17(2)21(22)23-24-20-15-13-19(14-16-20)18-11-8-6-9-12-18/h6,8-9,11-16H,2-5,7,10H2,1H3. The zero-order valence-electron chi connectivity index (χ0n) is 14.2. The molecule has 0 saturated heterocycles. The van der Waals surface area contributed by atoms with Gasteiger partial charge in [-0.3, -0.25) is 0 Å². The first-order chi connectivity index (χ1) is 11.7. The van der Waals surface area contributed by atoms with Gasteiger partial charge in [0.2, 0.25) is 0 Å². The van der Waals surface area contributed by atoms with Crippen LogP contribution in [0.4, 0.5) is 0 Å². The molecule has 0 saturated carbocycles. The maximum atomic E-state index is 11.9. The molecule has 2 aromatic carbocycles. The fourth-order valence-corrected chi connectivity index (χ4v) is 2.88. The summed E-state index contributed by atoms with van der Waals surface area (Å²) in [6.45, 7) is 6.00. The molecule has 0 aromatic heterocycles. The maximum absolute atomic E-state index is 11.9. The lowest BCUT2D eigenvalue weighted by Gasteiger charge is -2.06. The Balaban J connectivity index is 1.79. The van der Waals surface area contributed by atoms with Crippen molar-refractivity contribution in [3.63, 3.8) is 0 Å². The molecule has 3 heteroatoms. The van der Waals surface area contributed by atoms with Crippen molar-refractivity contribution in [3.05, 3.63) is 66.7 Å². The van der Waals surface area contributed by atoms with Crippen LogP contribution in [0, 0.1) is 0 Å². The van der Waals surface area contributed by atoms with E-state index in [1.54, 1.807) is 0 Å². The number of hydrogen-bond donors (Lipinski definition) is 0. The highest BCUT2D eigenvalue weighted by atomic mass is 32.2. The summed E-state index contributed by atoms with van der Waals surface area (Å²) in [5.41, 5.74) is 2.87. The van der Waals surface area contributed by atoms with E-state index in [0.717, 1.165) is 35.3 Å². The molecular formula is C21H24O2S. The van der Waals surface area contributed by atoms with Gasteiger partial charge in [0.05, 0.1) is 12.0 Å². The van der Waals surface area contributed by atoms with E-state index in [1.807, 2.05) is 42.5 Å². The molecule has 0 bridgehead atoms. The fourth-order valence-electron chi connectivity index (χ4n) is 2.35. The Kier molecular flexibility index (Phi) is 7.63. The van der Waals surface area contributed by atoms with Gasteiger partial charge in [0, 0.05) is 10.5 Å². The van der Waals surface area contributed by atoms with Crippen molar-refractivity contribution in [2.75, 3.05) is 0 Å². The monoisotopic (exact) mass is 340 g/mol. The Labute approximate surface area is 149 Å². The van der Waals surface area contributed by atoms with Gasteiger partial charge in [0.15, 0.2) is 0 Å². The summed E-state index contributed by atoms with van der Waals surface area (Å²) < 4.78 is 5.27. The van der Waals surface area contributed by atoms with Gasteiger partial charge < -0.3 is 4.18 Å². The Morgan fingerprint density at radius 1 is 0.958 bits per heavy atom. The summed E-state index contributed by atoms with van der Waals surface area (Å²) >= 11 is 1.09. The molecule has 24 heavy (non-hydrogen) atoms. The highest BCUT2D eigenvalue weighted by Gasteiger charge is 2.10. The molecule has 0 fully saturated rings. The van der Waals surface area contributed by atoms with Crippen LogP contribution >= 0.6 is 12.0 Å². The molecular weight excluding hydrogens is 316 g/mol. The Morgan fingerprint density at radius 3 is 2.29 bits per heavy atom. The third-order valence-electron chi connectivity index (χ3n) is 3.80. The van der Waals surface area contributed by atoms with Crippen LogP contribution in [0.25, 0.3) is 11.1 Å². The molecule has 0 heterocycles. The second kappa shape index (κ2) is 9.99. The van der Waals surface area contributed by atoms with Crippen LogP contribution in [-0.2, 0) is 8.98 Å². The van der Waals surface area contributed by atoms with Crippen LogP contribution in [-0.4, -0.2) is 5.97 Å². The first-order valence-corrected chi connectivity index (χ1v) is 9.17. The van der Waals surface area contributed by atoms with Gasteiger partial charge in [-0.05, 0) is 36.1 Å². The maximum Gasteiger partial charge on any atom is 0.345 e. The van der Waals surface area contributed by atoms with Crippen molar-refractivity contribution in [2.24, 2.45) is 0 Å². The fraction of sp³-hybridized carbons (Fsp3) is 0.286. The van der Waals surface area contributed by atoms with Crippen molar-refractivity contribution in [3.8, 4) is 11.1 Å². The SMILES string of the molecule is C=C(CCCCCC)C(=O)OSc1ccc(-c2ccccc2)cc1. The molecule has 0 aliphatic rings. The molecule has 0 N–H and O–H groups in total. The highest BCUT2D eigenvalue weighted by Crippen LogP contribution is 2.25. The smallest absolute Gasteiger partial charge is 0.345 e. The van der Waals surface area contributed by atoms with Crippen molar-refractivity contribution >= 4 is 18.0 Å². The second-order valence-electron chi connectivity index (χ2n) is 5.76. The predicted octanol–water partition coefficient (Wildman–Crippen LogP) is 6.43. The summed E-state index contributed by atoms with van der Waals surface area (Å²) in [6, 6.07) is 18.2. The van der Waals surface area contributed by atoms with Crippen LogP contribution < -0.4 is 0 Å². The van der Waals surface area contributed by atoms with E-state index < -0.39 is 0 Å². The van der Waals surface area contributed by atoms with Crippen molar-refractivity contribution in [1.29, 1.82) is 0 Å². The van der Waals surface area contributed by atoms with Crippen molar-refractivity contribution < 1.29 is 8.98 Å². The van der Waals surface area contributed by atoms with Gasteiger partial charge in [-0.2, -0.15) is 0 Å². The second-order valence-corrected chi connectivity index (χ2v) is 6.56. The molecule has 0 amide bonds. The van der Waals surface area contributed by atoms with E-state index >= 15 is 0 Å². The zero-order valence-corrected chi connectivity index (χ0v) is 15.0. The van der Waals surface area contributed by atoms with E-state index in [0.29, 0.717) is 12.0 Å². The third kappa shape index (κ3) is 5.89. The third-order valence-corrected chi connectivity index (χ3v) is 4.50. The lowest BCUT2D eigenvalue weighted by molar-refractivity contribution is -0.129. The van der Waals surface area contributed by atoms with Gasteiger partial charge in [-0.25, -0.2) is 4.79 Å². The van der Waals surface area contributed by atoms with Gasteiger partial charge in [0.25, 0.3) is 0 Å². The Morgan fingerprint density at radius 2 is 1.62 bits per heavy atom. The Bertz CT molecular complexity index is 647. The molecule has 0 atom stereocenters. The lowest BCUT2D eigenvalue weighted by atomic mass is 10.1. The van der Waals surface area contributed by atoms with Crippen LogP contribution in [0.15, 0.2) is 71.6 Å². The average Bonchev–Trinajstić information content (AvgIpc) is 2.64. The van der Waals surface area contributed by atoms with Crippen LogP contribution in [0.1, 0.15) is 39.0 Å². The first kappa shape index (κ1) is 18.3. The van der Waals surface area contributed by atoms with E-state index in [9.17, 15) is 4.79 Å². The van der Waals surface area contributed by atoms with E-state index in [2.05, 4.69) is 25.6 Å². The van der Waals surface area contributed by atoms with Crippen LogP contribution in [0.3, 0.4) is 0 Å². The lowest BCUT2D eigenvalue weighted by Crippen LogP contribution is -2.02. The van der Waals surface area contributed by atoms with E-state index in [4.69, 9.17) is 4.18 Å². The number of benzene rings is 2. The topological polar surface area (TPSA) is 26.3 Å². The average molecular weight is 340 g/mol. The van der Waals surface area contributed by atoms with Gasteiger partial charge in [-0.15, -0.1) is 0 Å². The molecule has 0 radical (unpaired) electrons. The summed E-state index contributed by atoms with van der Waals surface area (Å²) in [5.74, 6) is -0.316. The molecule has 0 aliphatic carbocycles. The number of unbranched alkanes of at least 4 members (excludes halogenated alkanes) is 3. The highest BCUT2D eigenvalue weighted by molar-refractivity contribution is 7.95. The minimum Gasteiger partial charge on any atom is -0.383 e. The Hall–Kier alpha value is -2.00. The van der Waals surface area contributed by atoms with Gasteiger partial charge >= 0.3 is 5.97 Å². The van der Waals surface area contributed by atoms with E-state index in [-0.39, 0.29) is 5.97 Å². The largest absolute Gasteiger partial charge is 0.383 e. The molecule has 0 spiro atoms. The minimum atomic E-state index is -0.316. The summed E-state index contributed by atoms with van der Waals surface area (Å²) in [4.78, 5) is 12.8. The quantitative estimate of drug-likeness (QED) is 0.299. The number of carbonyl (C=O) groups excluding carboxylic acids is 1. The number of rotatable bonds is 9. The molecule has 0 aliphatic heterocycles. The normalized spacial score (nSPS) is 10.4. The molecule has 2 aromatic rings. The number of hydrogen-bond acceptors (Lipinski definition) is 3. The first-order valence-electron chi connectivity index (χ1n) is 8.43. The van der Waals surface area contributed by atoms with Crippen LogP contribution in [0.2, 0.25) is 0 Å². The number of carbonyl (C=O) groups is 1. The summed E-state index contributed by atoms with van der Waals surface area (Å²) in [6.07, 6.45) is 5.23. The summed E-state index contributed by atoms with van der Waals surface area (Å²) in [5, 5.41) is 0. The minimum absolute atomic E-state index is 0.316. The van der Waals surface area contributed by atoms with Crippen molar-refractivity contribution in [2.45, 2.75) is 43.9 Å². The zero-order chi connectivity index (χ0) is 17.2. The van der Waals surface area contributed by atoms with Gasteiger partial charge in [-0.1, -0.05) is 75.2 Å². The molecule has 2 rings (SSSR count).